The molecule has 5 rings (SSSR count). The number of carbonyl (C=O) groups is 1. The maximum absolute atomic E-state index is 14.0. The molecule has 4 aromatic rings. The first-order valence-corrected chi connectivity index (χ1v) is 12.4. The molecule has 0 unspecified atom stereocenters. The Hall–Kier alpha value is -2.96. The highest BCUT2D eigenvalue weighted by Crippen LogP contribution is 2.45. The number of aromatic nitrogens is 1. The largest absolute Gasteiger partial charge is 0.358 e. The Kier molecular flexibility index (Phi) is 7.26. The predicted octanol–water partition coefficient (Wildman–Crippen LogP) is 7.64. The van der Waals surface area contributed by atoms with Gasteiger partial charge < -0.3 is 4.74 Å². The molecular formula is C28H20Cl3FN2O2. The average molecular weight is 542 g/mol. The molecule has 3 atom stereocenters. The van der Waals surface area contributed by atoms with Crippen molar-refractivity contribution in [2.45, 2.75) is 24.7 Å². The molecule has 182 valence electrons. The molecule has 0 aliphatic carbocycles. The summed E-state index contributed by atoms with van der Waals surface area (Å²) in [5, 5.41) is 1.44. The van der Waals surface area contributed by atoms with Crippen LogP contribution >= 0.6 is 34.8 Å². The molecule has 1 aliphatic heterocycles. The van der Waals surface area contributed by atoms with Crippen LogP contribution < -0.4 is 4.90 Å². The lowest BCUT2D eigenvalue weighted by Gasteiger charge is -2.45. The molecule has 4 nitrogen and oxygen atoms in total. The van der Waals surface area contributed by atoms with Crippen LogP contribution in [0.1, 0.15) is 28.8 Å². The fourth-order valence-electron chi connectivity index (χ4n) is 4.43. The molecule has 0 N–H and O–H groups in total. The summed E-state index contributed by atoms with van der Waals surface area (Å²) in [6.45, 7) is 0. The van der Waals surface area contributed by atoms with E-state index in [9.17, 15) is 9.18 Å². The average Bonchev–Trinajstić information content (AvgIpc) is 2.87. The summed E-state index contributed by atoms with van der Waals surface area (Å²) in [7, 11) is 0. The van der Waals surface area contributed by atoms with Crippen LogP contribution in [0.3, 0.4) is 0 Å². The summed E-state index contributed by atoms with van der Waals surface area (Å²) in [6, 6.07) is 23.6. The quantitative estimate of drug-likeness (QED) is 0.244. The molecule has 1 aromatic heterocycles. The minimum atomic E-state index is -0.827. The van der Waals surface area contributed by atoms with Crippen LogP contribution in [0.2, 0.25) is 15.2 Å². The van der Waals surface area contributed by atoms with Gasteiger partial charge in [-0.1, -0.05) is 71.2 Å². The van der Waals surface area contributed by atoms with Crippen molar-refractivity contribution in [1.82, 2.24) is 4.98 Å². The third kappa shape index (κ3) is 5.25. The number of pyridine rings is 1. The summed E-state index contributed by atoms with van der Waals surface area (Å²) in [5.41, 5.74) is 3.05. The van der Waals surface area contributed by atoms with Crippen molar-refractivity contribution in [3.63, 3.8) is 0 Å². The van der Waals surface area contributed by atoms with Crippen LogP contribution in [0.5, 0.6) is 0 Å². The van der Waals surface area contributed by atoms with E-state index in [0.717, 1.165) is 16.7 Å². The van der Waals surface area contributed by atoms with E-state index in [1.165, 1.54) is 12.1 Å². The second kappa shape index (κ2) is 10.6. The molecule has 0 radical (unpaired) electrons. The molecule has 1 amide bonds. The first kappa shape index (κ1) is 24.7. The van der Waals surface area contributed by atoms with E-state index in [1.54, 1.807) is 59.6 Å². The molecular weight excluding hydrogens is 522 g/mol. The van der Waals surface area contributed by atoms with Crippen LogP contribution in [0.4, 0.5) is 10.1 Å². The lowest BCUT2D eigenvalue weighted by molar-refractivity contribution is -0.144. The molecule has 2 heterocycles. The molecule has 3 aromatic carbocycles. The minimum Gasteiger partial charge on any atom is -0.358 e. The molecule has 8 heteroatoms. The second-order valence-corrected chi connectivity index (χ2v) is 9.73. The second-order valence-electron chi connectivity index (χ2n) is 8.47. The van der Waals surface area contributed by atoms with E-state index in [-0.39, 0.29) is 23.3 Å². The van der Waals surface area contributed by atoms with Crippen LogP contribution in [0, 0.1) is 5.82 Å². The van der Waals surface area contributed by atoms with Crippen molar-refractivity contribution in [1.29, 1.82) is 0 Å². The van der Waals surface area contributed by atoms with Crippen molar-refractivity contribution < 1.29 is 13.9 Å². The van der Waals surface area contributed by atoms with Crippen LogP contribution in [-0.4, -0.2) is 17.0 Å². The Morgan fingerprint density at radius 2 is 1.44 bits per heavy atom. The molecule has 36 heavy (non-hydrogen) atoms. The van der Waals surface area contributed by atoms with E-state index in [2.05, 4.69) is 4.98 Å². The van der Waals surface area contributed by atoms with E-state index in [4.69, 9.17) is 39.5 Å². The van der Waals surface area contributed by atoms with Gasteiger partial charge in [-0.05, 0) is 65.2 Å². The number of amides is 1. The number of morpholine rings is 1. The summed E-state index contributed by atoms with van der Waals surface area (Å²) in [6.07, 6.45) is 0.461. The van der Waals surface area contributed by atoms with E-state index in [1.807, 2.05) is 24.3 Å². The van der Waals surface area contributed by atoms with Crippen molar-refractivity contribution in [3.8, 4) is 0 Å². The maximum Gasteiger partial charge on any atom is 0.257 e. The fraction of sp³-hybridized carbons (Fsp3) is 0.143. The van der Waals surface area contributed by atoms with Gasteiger partial charge in [0.05, 0.1) is 6.04 Å². The Balaban J connectivity index is 1.64. The zero-order chi connectivity index (χ0) is 25.2. The SMILES string of the molecule is O=C1[C@H](Cc2ccc(F)cc2)O[C@@H](c2ccc(Cl)cc2)[C@@H](c2ccc(Cl)cc2)N1c1ccnc(Cl)c1. The fourth-order valence-corrected chi connectivity index (χ4v) is 4.85. The minimum absolute atomic E-state index is 0.244. The van der Waals surface area contributed by atoms with Crippen LogP contribution in [-0.2, 0) is 16.0 Å². The standard InChI is InChI=1S/C28H20Cl3FN2O2/c29-20-7-3-18(4-8-20)26-27(19-5-9-21(30)10-6-19)36-24(15-17-1-11-22(32)12-2-17)28(35)34(26)23-13-14-33-25(31)16-23/h1-14,16,24,26-27H,15H2/t24-,26+,27-/m0/s1. The number of hydrogen-bond donors (Lipinski definition) is 0. The molecule has 1 saturated heterocycles. The number of carbonyl (C=O) groups excluding carboxylic acids is 1. The van der Waals surface area contributed by atoms with Gasteiger partial charge >= 0.3 is 0 Å². The lowest BCUT2D eigenvalue weighted by atomic mass is 9.90. The number of halogens is 4. The highest BCUT2D eigenvalue weighted by atomic mass is 35.5. The Labute approximate surface area is 223 Å². The first-order chi connectivity index (χ1) is 17.4. The van der Waals surface area contributed by atoms with Gasteiger partial charge in [-0.15, -0.1) is 0 Å². The Morgan fingerprint density at radius 1 is 0.833 bits per heavy atom. The van der Waals surface area contributed by atoms with Crippen molar-refractivity contribution in [3.05, 3.63) is 129 Å². The normalized spacial score (nSPS) is 19.9. The first-order valence-electron chi connectivity index (χ1n) is 11.2. The van der Waals surface area contributed by atoms with Gasteiger partial charge in [-0.2, -0.15) is 0 Å². The highest BCUT2D eigenvalue weighted by Gasteiger charge is 2.45. The number of benzene rings is 3. The van der Waals surface area contributed by atoms with Crippen molar-refractivity contribution in [2.75, 3.05) is 4.90 Å². The predicted molar refractivity (Wildman–Crippen MR) is 140 cm³/mol. The monoisotopic (exact) mass is 540 g/mol. The maximum atomic E-state index is 14.0. The third-order valence-electron chi connectivity index (χ3n) is 6.12. The van der Waals surface area contributed by atoms with Gasteiger partial charge in [0.25, 0.3) is 5.91 Å². The number of ether oxygens (including phenoxy) is 1. The van der Waals surface area contributed by atoms with Gasteiger partial charge in [0, 0.05) is 28.4 Å². The number of nitrogens with zero attached hydrogens (tertiary/aromatic N) is 2. The molecule has 0 bridgehead atoms. The number of anilines is 1. The summed E-state index contributed by atoms with van der Waals surface area (Å²) in [5.74, 6) is -0.587. The van der Waals surface area contributed by atoms with E-state index < -0.39 is 18.2 Å². The molecule has 1 aliphatic rings. The van der Waals surface area contributed by atoms with Gasteiger partial charge in [0.1, 0.15) is 23.2 Å². The third-order valence-corrected chi connectivity index (χ3v) is 6.83. The van der Waals surface area contributed by atoms with Crippen LogP contribution in [0.15, 0.2) is 91.1 Å². The molecule has 0 saturated carbocycles. The van der Waals surface area contributed by atoms with Gasteiger partial charge in [-0.25, -0.2) is 9.37 Å². The zero-order valence-electron chi connectivity index (χ0n) is 18.8. The topological polar surface area (TPSA) is 42.4 Å². The summed E-state index contributed by atoms with van der Waals surface area (Å²) < 4.78 is 20.0. The van der Waals surface area contributed by atoms with E-state index >= 15 is 0 Å². The van der Waals surface area contributed by atoms with Crippen LogP contribution in [0.25, 0.3) is 0 Å². The highest BCUT2D eigenvalue weighted by molar-refractivity contribution is 6.31. The lowest BCUT2D eigenvalue weighted by Crippen LogP contribution is -2.51. The number of rotatable bonds is 5. The van der Waals surface area contributed by atoms with Crippen molar-refractivity contribution >= 4 is 46.4 Å². The summed E-state index contributed by atoms with van der Waals surface area (Å²) in [4.78, 5) is 19.8. The molecule has 0 spiro atoms. The smallest absolute Gasteiger partial charge is 0.257 e. The van der Waals surface area contributed by atoms with Crippen molar-refractivity contribution in [2.24, 2.45) is 0 Å². The summed E-state index contributed by atoms with van der Waals surface area (Å²) >= 11 is 18.6. The number of hydrogen-bond acceptors (Lipinski definition) is 3. The van der Waals surface area contributed by atoms with Gasteiger partial charge in [0.2, 0.25) is 0 Å². The Morgan fingerprint density at radius 3 is 2.06 bits per heavy atom. The zero-order valence-corrected chi connectivity index (χ0v) is 21.1. The Bertz CT molecular complexity index is 1370. The van der Waals surface area contributed by atoms with E-state index in [0.29, 0.717) is 15.7 Å². The molecule has 1 fully saturated rings. The van der Waals surface area contributed by atoms with Gasteiger partial charge in [-0.3, -0.25) is 9.69 Å². The van der Waals surface area contributed by atoms with Gasteiger partial charge in [0.15, 0.2) is 0 Å².